The van der Waals surface area contributed by atoms with Gasteiger partial charge in [0, 0.05) is 6.54 Å². The molecule has 1 aromatic heterocycles. The van der Waals surface area contributed by atoms with Crippen LogP contribution in [-0.2, 0) is 6.54 Å². The second-order valence-corrected chi connectivity index (χ2v) is 6.04. The Labute approximate surface area is 125 Å². The Balaban J connectivity index is 1.90. The van der Waals surface area contributed by atoms with Gasteiger partial charge in [-0.3, -0.25) is 0 Å². The number of imidazole rings is 1. The average Bonchev–Trinajstić information content (AvgIpc) is 2.84. The molecule has 1 N–H and O–H groups in total. The molecule has 1 heterocycles. The van der Waals surface area contributed by atoms with Crippen LogP contribution in [0.1, 0.15) is 56.3 Å². The van der Waals surface area contributed by atoms with Crippen molar-refractivity contribution in [2.24, 2.45) is 5.92 Å². The number of hydrogen-bond acceptors (Lipinski definition) is 2. The van der Waals surface area contributed by atoms with Crippen LogP contribution in [0.5, 0.6) is 0 Å². The zero-order chi connectivity index (χ0) is 15.2. The molecule has 0 aliphatic heterocycles. The molecule has 0 aliphatic carbocycles. The maximum Gasteiger partial charge on any atom is 0.335 e. The highest BCUT2D eigenvalue weighted by molar-refractivity contribution is 5.92. The Bertz CT molecular complexity index is 602. The lowest BCUT2D eigenvalue weighted by Crippen LogP contribution is -1.99. The van der Waals surface area contributed by atoms with Gasteiger partial charge in [-0.05, 0) is 30.5 Å². The van der Waals surface area contributed by atoms with Crippen molar-refractivity contribution < 1.29 is 9.90 Å². The predicted molar refractivity (Wildman–Crippen MR) is 84.6 cm³/mol. The Morgan fingerprint density at radius 3 is 2.71 bits per heavy atom. The van der Waals surface area contributed by atoms with Gasteiger partial charge in [-0.25, -0.2) is 9.78 Å². The van der Waals surface area contributed by atoms with Crippen molar-refractivity contribution in [1.82, 2.24) is 9.55 Å². The Hall–Kier alpha value is -1.84. The number of rotatable bonds is 8. The molecule has 114 valence electrons. The van der Waals surface area contributed by atoms with Crippen LogP contribution in [0.15, 0.2) is 24.5 Å². The number of hydrogen-bond donors (Lipinski definition) is 1. The van der Waals surface area contributed by atoms with Gasteiger partial charge in [-0.2, -0.15) is 0 Å². The highest BCUT2D eigenvalue weighted by Crippen LogP contribution is 2.17. The van der Waals surface area contributed by atoms with E-state index in [1.54, 1.807) is 18.2 Å². The highest BCUT2D eigenvalue weighted by Gasteiger charge is 2.07. The molecule has 0 saturated heterocycles. The number of carbonyl (C=O) groups is 1. The fraction of sp³-hybridized carbons (Fsp3) is 0.529. The summed E-state index contributed by atoms with van der Waals surface area (Å²) in [7, 11) is 0. The van der Waals surface area contributed by atoms with Crippen LogP contribution in [-0.4, -0.2) is 20.6 Å². The molecule has 0 atom stereocenters. The van der Waals surface area contributed by atoms with Gasteiger partial charge in [0.1, 0.15) is 0 Å². The number of fused-ring (bicyclic) bond motifs is 1. The van der Waals surface area contributed by atoms with Gasteiger partial charge in [-0.15, -0.1) is 0 Å². The lowest BCUT2D eigenvalue weighted by Gasteiger charge is -2.06. The number of aromatic carboxylic acids is 1. The molecule has 2 rings (SSSR count). The van der Waals surface area contributed by atoms with Crippen LogP contribution < -0.4 is 0 Å². The first-order chi connectivity index (χ1) is 10.1. The van der Waals surface area contributed by atoms with Gasteiger partial charge < -0.3 is 9.67 Å². The minimum atomic E-state index is -0.890. The average molecular weight is 288 g/mol. The lowest BCUT2D eigenvalue weighted by atomic mass is 10.0. The SMILES string of the molecule is CC(C)CCCCCCn1cnc2ccc(C(=O)O)cc21. The maximum absolute atomic E-state index is 11.0. The summed E-state index contributed by atoms with van der Waals surface area (Å²) in [6.45, 7) is 5.43. The molecule has 0 bridgehead atoms. The van der Waals surface area contributed by atoms with Gasteiger partial charge >= 0.3 is 5.97 Å². The van der Waals surface area contributed by atoms with Crippen LogP contribution in [0.4, 0.5) is 0 Å². The van der Waals surface area contributed by atoms with Crippen LogP contribution >= 0.6 is 0 Å². The molecule has 0 fully saturated rings. The molecule has 1 aromatic carbocycles. The molecule has 0 unspecified atom stereocenters. The molecule has 4 heteroatoms. The van der Waals surface area contributed by atoms with Gasteiger partial charge in [0.05, 0.1) is 22.9 Å². The number of aromatic nitrogens is 2. The molecule has 0 saturated carbocycles. The van der Waals surface area contributed by atoms with Crippen LogP contribution in [0, 0.1) is 5.92 Å². The zero-order valence-electron chi connectivity index (χ0n) is 12.9. The second-order valence-electron chi connectivity index (χ2n) is 6.04. The molecule has 21 heavy (non-hydrogen) atoms. The molecule has 2 aromatic rings. The summed E-state index contributed by atoms with van der Waals surface area (Å²) < 4.78 is 2.06. The number of carboxylic acids is 1. The maximum atomic E-state index is 11.0. The molecular weight excluding hydrogens is 264 g/mol. The molecule has 0 radical (unpaired) electrons. The summed E-state index contributed by atoms with van der Waals surface area (Å²) in [5, 5.41) is 9.06. The zero-order valence-corrected chi connectivity index (χ0v) is 12.9. The standard InChI is InChI=1S/C17H24N2O2/c1-13(2)7-5-3-4-6-10-19-12-18-15-9-8-14(17(20)21)11-16(15)19/h8-9,11-13H,3-7,10H2,1-2H3,(H,20,21). The minimum Gasteiger partial charge on any atom is -0.478 e. The first kappa shape index (κ1) is 15.5. The molecular formula is C17H24N2O2. The number of nitrogens with zero attached hydrogens (tertiary/aromatic N) is 2. The van der Waals surface area contributed by atoms with Crippen LogP contribution in [0.3, 0.4) is 0 Å². The van der Waals surface area contributed by atoms with Crippen molar-refractivity contribution >= 4 is 17.0 Å². The lowest BCUT2D eigenvalue weighted by molar-refractivity contribution is 0.0697. The van der Waals surface area contributed by atoms with Crippen molar-refractivity contribution in [3.05, 3.63) is 30.1 Å². The number of unbranched alkanes of at least 4 members (excludes halogenated alkanes) is 3. The van der Waals surface area contributed by atoms with Gasteiger partial charge in [-0.1, -0.05) is 39.5 Å². The number of carboxylic acid groups (broad SMARTS) is 1. The Morgan fingerprint density at radius 2 is 2.00 bits per heavy atom. The van der Waals surface area contributed by atoms with Crippen molar-refractivity contribution in [2.75, 3.05) is 0 Å². The van der Waals surface area contributed by atoms with Gasteiger partial charge in [0.25, 0.3) is 0 Å². The first-order valence-corrected chi connectivity index (χ1v) is 7.76. The Morgan fingerprint density at radius 1 is 1.24 bits per heavy atom. The highest BCUT2D eigenvalue weighted by atomic mass is 16.4. The summed E-state index contributed by atoms with van der Waals surface area (Å²) in [4.78, 5) is 15.4. The van der Waals surface area contributed by atoms with E-state index in [9.17, 15) is 4.79 Å². The van der Waals surface area contributed by atoms with E-state index in [0.29, 0.717) is 5.56 Å². The van der Waals surface area contributed by atoms with Crippen molar-refractivity contribution in [3.63, 3.8) is 0 Å². The van der Waals surface area contributed by atoms with E-state index in [-0.39, 0.29) is 0 Å². The predicted octanol–water partition coefficient (Wildman–Crippen LogP) is 4.34. The fourth-order valence-corrected chi connectivity index (χ4v) is 2.56. The van der Waals surface area contributed by atoms with E-state index in [1.165, 1.54) is 25.7 Å². The largest absolute Gasteiger partial charge is 0.478 e. The smallest absolute Gasteiger partial charge is 0.335 e. The fourth-order valence-electron chi connectivity index (χ4n) is 2.56. The van der Waals surface area contributed by atoms with E-state index in [4.69, 9.17) is 5.11 Å². The molecule has 0 amide bonds. The minimum absolute atomic E-state index is 0.321. The molecule has 0 spiro atoms. The molecule has 4 nitrogen and oxygen atoms in total. The summed E-state index contributed by atoms with van der Waals surface area (Å²) in [5.41, 5.74) is 2.10. The second kappa shape index (κ2) is 7.25. The topological polar surface area (TPSA) is 55.1 Å². The van der Waals surface area contributed by atoms with Crippen molar-refractivity contribution in [1.29, 1.82) is 0 Å². The van der Waals surface area contributed by atoms with Crippen LogP contribution in [0.25, 0.3) is 11.0 Å². The third-order valence-corrected chi connectivity index (χ3v) is 3.80. The van der Waals surface area contributed by atoms with E-state index >= 15 is 0 Å². The van der Waals surface area contributed by atoms with Crippen molar-refractivity contribution in [3.8, 4) is 0 Å². The third kappa shape index (κ3) is 4.31. The summed E-state index contributed by atoms with van der Waals surface area (Å²) in [6, 6.07) is 5.09. The number of benzene rings is 1. The van der Waals surface area contributed by atoms with E-state index in [1.807, 2.05) is 6.33 Å². The quantitative estimate of drug-likeness (QED) is 0.735. The van der Waals surface area contributed by atoms with E-state index in [2.05, 4.69) is 23.4 Å². The summed E-state index contributed by atoms with van der Waals surface area (Å²) in [5.74, 6) is -0.102. The Kier molecular flexibility index (Phi) is 5.37. The van der Waals surface area contributed by atoms with Crippen LogP contribution in [0.2, 0.25) is 0 Å². The van der Waals surface area contributed by atoms with Gasteiger partial charge in [0.15, 0.2) is 0 Å². The monoisotopic (exact) mass is 288 g/mol. The molecule has 0 aliphatic rings. The third-order valence-electron chi connectivity index (χ3n) is 3.80. The van der Waals surface area contributed by atoms with Gasteiger partial charge in [0.2, 0.25) is 0 Å². The summed E-state index contributed by atoms with van der Waals surface area (Å²) >= 11 is 0. The van der Waals surface area contributed by atoms with E-state index in [0.717, 1.165) is 29.9 Å². The van der Waals surface area contributed by atoms with E-state index < -0.39 is 5.97 Å². The summed E-state index contributed by atoms with van der Waals surface area (Å²) in [6.07, 6.45) is 8.00. The van der Waals surface area contributed by atoms with Crippen molar-refractivity contribution in [2.45, 2.75) is 52.5 Å². The number of aryl methyl sites for hydroxylation is 1. The first-order valence-electron chi connectivity index (χ1n) is 7.76. The normalized spacial score (nSPS) is 11.4.